The highest BCUT2D eigenvalue weighted by Crippen LogP contribution is 2.39. The minimum absolute atomic E-state index is 0.0208. The van der Waals surface area contributed by atoms with Crippen molar-refractivity contribution in [1.82, 2.24) is 5.32 Å². The Balaban J connectivity index is 1.63. The Morgan fingerprint density at radius 2 is 1.87 bits per heavy atom. The molecule has 0 aromatic heterocycles. The van der Waals surface area contributed by atoms with Crippen LogP contribution in [0.1, 0.15) is 30.7 Å². The van der Waals surface area contributed by atoms with Crippen molar-refractivity contribution in [3.63, 3.8) is 0 Å². The molecule has 30 heavy (non-hydrogen) atoms. The molecule has 2 atom stereocenters. The molecule has 0 radical (unpaired) electrons. The first kappa shape index (κ1) is 20.2. The molecule has 1 aliphatic heterocycles. The number of methoxy groups -OCH3 is 1. The van der Waals surface area contributed by atoms with Crippen LogP contribution in [0.2, 0.25) is 5.02 Å². The number of carbonyl (C=O) groups excluding carboxylic acids is 3. The molecular weight excluding hydrogens is 404 g/mol. The molecule has 1 heterocycles. The standard InChI is InChI=1S/C23H21ClN2O4/c1-30-20-8-7-15(24)11-17(20)26-23(29)16-12-21(28)25-18-9-14(10-19(27)22(16)18)13-5-3-2-4-6-13/h2-8,11,14,16H,9-10,12H2,1H3,(H,25,28)(H,26,29)/t14-,16-/m0/s1. The second-order valence-corrected chi connectivity index (χ2v) is 7.91. The molecule has 2 aromatic carbocycles. The Bertz CT molecular complexity index is 1050. The highest BCUT2D eigenvalue weighted by atomic mass is 35.5. The van der Waals surface area contributed by atoms with Gasteiger partial charge in [-0.3, -0.25) is 14.4 Å². The summed E-state index contributed by atoms with van der Waals surface area (Å²) in [5.74, 6) is -1.23. The minimum atomic E-state index is -0.846. The van der Waals surface area contributed by atoms with E-state index in [0.717, 1.165) is 5.56 Å². The van der Waals surface area contributed by atoms with E-state index in [2.05, 4.69) is 10.6 Å². The van der Waals surface area contributed by atoms with Gasteiger partial charge in [-0.1, -0.05) is 41.9 Å². The molecular formula is C23H21ClN2O4. The van der Waals surface area contributed by atoms with E-state index in [1.54, 1.807) is 18.2 Å². The molecule has 2 amide bonds. The van der Waals surface area contributed by atoms with Crippen molar-refractivity contribution in [3.8, 4) is 5.75 Å². The van der Waals surface area contributed by atoms with E-state index in [4.69, 9.17) is 16.3 Å². The fourth-order valence-corrected chi connectivity index (χ4v) is 4.31. The number of benzene rings is 2. The Kier molecular flexibility index (Phi) is 5.59. The van der Waals surface area contributed by atoms with Crippen LogP contribution in [0, 0.1) is 5.92 Å². The average Bonchev–Trinajstić information content (AvgIpc) is 2.73. The lowest BCUT2D eigenvalue weighted by atomic mass is 9.75. The predicted octanol–water partition coefficient (Wildman–Crippen LogP) is 3.82. The zero-order chi connectivity index (χ0) is 21.3. The van der Waals surface area contributed by atoms with Gasteiger partial charge < -0.3 is 15.4 Å². The molecule has 0 saturated carbocycles. The Hall–Kier alpha value is -3.12. The van der Waals surface area contributed by atoms with Gasteiger partial charge in [0.1, 0.15) is 5.75 Å². The molecule has 0 fully saturated rings. The van der Waals surface area contributed by atoms with E-state index in [9.17, 15) is 14.4 Å². The van der Waals surface area contributed by atoms with Gasteiger partial charge >= 0.3 is 0 Å². The monoisotopic (exact) mass is 424 g/mol. The Morgan fingerprint density at radius 3 is 2.60 bits per heavy atom. The molecule has 1 aliphatic carbocycles. The van der Waals surface area contributed by atoms with Crippen LogP contribution in [0.3, 0.4) is 0 Å². The van der Waals surface area contributed by atoms with Crippen molar-refractivity contribution in [2.45, 2.75) is 25.2 Å². The average molecular weight is 425 g/mol. The van der Waals surface area contributed by atoms with Crippen molar-refractivity contribution >= 4 is 34.9 Å². The van der Waals surface area contributed by atoms with E-state index in [0.29, 0.717) is 40.6 Å². The lowest BCUT2D eigenvalue weighted by molar-refractivity contribution is -0.129. The largest absolute Gasteiger partial charge is 0.495 e. The van der Waals surface area contributed by atoms with Crippen molar-refractivity contribution < 1.29 is 19.1 Å². The summed E-state index contributed by atoms with van der Waals surface area (Å²) in [7, 11) is 1.49. The first-order valence-electron chi connectivity index (χ1n) is 9.71. The number of ether oxygens (including phenoxy) is 1. The number of hydrogen-bond donors (Lipinski definition) is 2. The second-order valence-electron chi connectivity index (χ2n) is 7.47. The van der Waals surface area contributed by atoms with Crippen LogP contribution in [0.25, 0.3) is 0 Å². The molecule has 0 bridgehead atoms. The number of ketones is 1. The van der Waals surface area contributed by atoms with E-state index < -0.39 is 11.8 Å². The summed E-state index contributed by atoms with van der Waals surface area (Å²) in [5, 5.41) is 6.03. The van der Waals surface area contributed by atoms with Gasteiger partial charge in [0.05, 0.1) is 18.7 Å². The first-order valence-corrected chi connectivity index (χ1v) is 10.1. The van der Waals surface area contributed by atoms with Crippen molar-refractivity contribution in [2.24, 2.45) is 5.92 Å². The summed E-state index contributed by atoms with van der Waals surface area (Å²) in [6, 6.07) is 14.6. The number of amides is 2. The van der Waals surface area contributed by atoms with Gasteiger partial charge in [-0.25, -0.2) is 0 Å². The molecule has 0 spiro atoms. The number of allylic oxidation sites excluding steroid dienone is 1. The molecule has 0 unspecified atom stereocenters. The number of halogens is 1. The summed E-state index contributed by atoms with van der Waals surface area (Å²) < 4.78 is 5.27. The molecule has 2 aliphatic rings. The zero-order valence-corrected chi connectivity index (χ0v) is 17.2. The topological polar surface area (TPSA) is 84.5 Å². The molecule has 0 saturated heterocycles. The summed E-state index contributed by atoms with van der Waals surface area (Å²) in [6.07, 6.45) is 0.749. The maximum absolute atomic E-state index is 13.1. The first-order chi connectivity index (χ1) is 14.5. The second kappa shape index (κ2) is 8.32. The van der Waals surface area contributed by atoms with Gasteiger partial charge in [0.15, 0.2) is 5.78 Å². The molecule has 154 valence electrons. The smallest absolute Gasteiger partial charge is 0.232 e. The minimum Gasteiger partial charge on any atom is -0.495 e. The van der Waals surface area contributed by atoms with Crippen molar-refractivity contribution in [1.29, 1.82) is 0 Å². The van der Waals surface area contributed by atoms with Gasteiger partial charge in [-0.05, 0) is 36.1 Å². The number of carbonyl (C=O) groups is 3. The summed E-state index contributed by atoms with van der Waals surface area (Å²) >= 11 is 6.04. The van der Waals surface area contributed by atoms with Gasteiger partial charge in [0.25, 0.3) is 0 Å². The zero-order valence-electron chi connectivity index (χ0n) is 16.4. The quantitative estimate of drug-likeness (QED) is 0.781. The van der Waals surface area contributed by atoms with E-state index >= 15 is 0 Å². The third-order valence-electron chi connectivity index (χ3n) is 5.54. The maximum atomic E-state index is 13.1. The van der Waals surface area contributed by atoms with Crippen LogP contribution in [0.5, 0.6) is 5.75 Å². The van der Waals surface area contributed by atoms with Crippen LogP contribution in [0.15, 0.2) is 59.8 Å². The van der Waals surface area contributed by atoms with Crippen LogP contribution in [0.4, 0.5) is 5.69 Å². The van der Waals surface area contributed by atoms with Gasteiger partial charge in [0, 0.05) is 29.1 Å². The van der Waals surface area contributed by atoms with Gasteiger partial charge in [-0.15, -0.1) is 0 Å². The Morgan fingerprint density at radius 1 is 1.10 bits per heavy atom. The molecule has 2 N–H and O–H groups in total. The van der Waals surface area contributed by atoms with E-state index in [-0.39, 0.29) is 24.0 Å². The maximum Gasteiger partial charge on any atom is 0.232 e. The van der Waals surface area contributed by atoms with Crippen molar-refractivity contribution in [3.05, 3.63) is 70.4 Å². The van der Waals surface area contributed by atoms with Gasteiger partial charge in [-0.2, -0.15) is 0 Å². The van der Waals surface area contributed by atoms with Gasteiger partial charge in [0.2, 0.25) is 11.8 Å². The number of anilines is 1. The lowest BCUT2D eigenvalue weighted by Crippen LogP contribution is -2.43. The third-order valence-corrected chi connectivity index (χ3v) is 5.78. The van der Waals surface area contributed by atoms with E-state index in [1.165, 1.54) is 7.11 Å². The predicted molar refractivity (Wildman–Crippen MR) is 113 cm³/mol. The molecule has 7 heteroatoms. The van der Waals surface area contributed by atoms with Crippen LogP contribution < -0.4 is 15.4 Å². The number of rotatable bonds is 4. The van der Waals surface area contributed by atoms with Crippen LogP contribution in [-0.2, 0) is 14.4 Å². The van der Waals surface area contributed by atoms with E-state index in [1.807, 2.05) is 30.3 Å². The fourth-order valence-electron chi connectivity index (χ4n) is 4.14. The normalized spacial score (nSPS) is 21.0. The highest BCUT2D eigenvalue weighted by molar-refractivity contribution is 6.31. The fraction of sp³-hybridized carbons (Fsp3) is 0.261. The Labute approximate surface area is 179 Å². The number of Topliss-reactive ketones (excluding diaryl/α,β-unsaturated/α-hetero) is 1. The molecule has 4 rings (SSSR count). The molecule has 6 nitrogen and oxygen atoms in total. The van der Waals surface area contributed by atoms with Crippen molar-refractivity contribution in [2.75, 3.05) is 12.4 Å². The summed E-state index contributed by atoms with van der Waals surface area (Å²) in [5.41, 5.74) is 2.39. The summed E-state index contributed by atoms with van der Waals surface area (Å²) in [4.78, 5) is 38.4. The van der Waals surface area contributed by atoms with Crippen LogP contribution in [-0.4, -0.2) is 24.7 Å². The third kappa shape index (κ3) is 3.96. The summed E-state index contributed by atoms with van der Waals surface area (Å²) in [6.45, 7) is 0. The number of nitrogens with one attached hydrogen (secondary N) is 2. The highest BCUT2D eigenvalue weighted by Gasteiger charge is 2.40. The van der Waals surface area contributed by atoms with Crippen LogP contribution >= 0.6 is 11.6 Å². The number of hydrogen-bond acceptors (Lipinski definition) is 4. The lowest BCUT2D eigenvalue weighted by Gasteiger charge is -2.33. The SMILES string of the molecule is COc1ccc(Cl)cc1NC(=O)[C@H]1CC(=O)NC2=C1C(=O)C[C@@H](c1ccccc1)C2. The molecule has 2 aromatic rings.